The maximum Gasteiger partial charge on any atom is 0.128 e. The molecule has 0 fully saturated rings. The van der Waals surface area contributed by atoms with E-state index in [1.54, 1.807) is 0 Å². The lowest BCUT2D eigenvalue weighted by atomic mass is 10.0. The normalized spacial score (nSPS) is 14.7. The summed E-state index contributed by atoms with van der Waals surface area (Å²) in [5.41, 5.74) is 8.65. The second-order valence-electron chi connectivity index (χ2n) is 9.45. The van der Waals surface area contributed by atoms with E-state index < -0.39 is 0 Å². The van der Waals surface area contributed by atoms with E-state index in [2.05, 4.69) is 118 Å². The molecule has 35 heavy (non-hydrogen) atoms. The number of aryl methyl sites for hydroxylation is 1. The van der Waals surface area contributed by atoms with Crippen LogP contribution in [0.4, 0.5) is 11.4 Å². The van der Waals surface area contributed by atoms with Gasteiger partial charge in [0.25, 0.3) is 0 Å². The Hall–Kier alpha value is -3.80. The van der Waals surface area contributed by atoms with E-state index in [-0.39, 0.29) is 0 Å². The quantitative estimate of drug-likeness (QED) is 0.528. The van der Waals surface area contributed by atoms with E-state index in [0.29, 0.717) is 0 Å². The third-order valence-electron chi connectivity index (χ3n) is 6.55. The molecule has 0 saturated heterocycles. The van der Waals surface area contributed by atoms with E-state index in [9.17, 15) is 0 Å². The molecule has 6 heteroatoms. The number of hydrogen-bond donors (Lipinski definition) is 2. The molecule has 0 unspecified atom stereocenters. The first-order valence-corrected chi connectivity index (χ1v) is 12.3. The van der Waals surface area contributed by atoms with Gasteiger partial charge in [0.05, 0.1) is 13.1 Å². The Labute approximate surface area is 208 Å². The molecule has 0 amide bonds. The van der Waals surface area contributed by atoms with Gasteiger partial charge in [-0.3, -0.25) is 9.98 Å². The molecule has 5 rings (SSSR count). The second kappa shape index (κ2) is 10.2. The Morgan fingerprint density at radius 3 is 1.46 bits per heavy atom. The molecule has 0 radical (unpaired) electrons. The minimum absolute atomic E-state index is 0.862. The average molecular weight is 467 g/mol. The number of anilines is 2. The van der Waals surface area contributed by atoms with Crippen LogP contribution in [0.25, 0.3) is 0 Å². The van der Waals surface area contributed by atoms with Crippen molar-refractivity contribution in [2.75, 3.05) is 50.1 Å². The van der Waals surface area contributed by atoms with Crippen LogP contribution in [0.1, 0.15) is 27.8 Å². The number of nitrogens with zero attached hydrogens (tertiary/aromatic N) is 4. The third kappa shape index (κ3) is 5.48. The van der Waals surface area contributed by atoms with Crippen molar-refractivity contribution in [2.45, 2.75) is 20.0 Å². The molecule has 2 aliphatic rings. The summed E-state index contributed by atoms with van der Waals surface area (Å²) in [6.07, 6.45) is 0. The summed E-state index contributed by atoms with van der Waals surface area (Å²) in [6, 6.07) is 24.2. The highest BCUT2D eigenvalue weighted by atomic mass is 15.1. The predicted octanol–water partition coefficient (Wildman–Crippen LogP) is 3.97. The molecule has 3 aromatic rings. The molecule has 2 heterocycles. The Balaban J connectivity index is 1.24. The molecule has 2 N–H and O–H groups in total. The van der Waals surface area contributed by atoms with Crippen LogP contribution in [0, 0.1) is 6.92 Å². The van der Waals surface area contributed by atoms with Crippen LogP contribution in [0.2, 0.25) is 0 Å². The van der Waals surface area contributed by atoms with Crippen LogP contribution in [0.15, 0.2) is 76.7 Å². The molecular weight excluding hydrogens is 432 g/mol. The van der Waals surface area contributed by atoms with E-state index >= 15 is 0 Å². The molecule has 3 aromatic carbocycles. The van der Waals surface area contributed by atoms with Gasteiger partial charge >= 0.3 is 0 Å². The number of aliphatic imine (C=N–C) groups is 2. The zero-order valence-electron chi connectivity index (χ0n) is 20.9. The standard InChI is InChI=1S/C29H34N6/c1-21-16-22(19-34(2)26-8-4-24(5-9-26)28-30-12-13-31-28)18-23(17-21)20-35(3)27-10-6-25(7-11-27)29-32-14-15-33-29/h4-11,16-18H,12-15,19-20H2,1-3H3,(H,30,31)(H,32,33). The van der Waals surface area contributed by atoms with Gasteiger partial charge in [0.15, 0.2) is 0 Å². The third-order valence-corrected chi connectivity index (χ3v) is 6.55. The Bertz CT molecular complexity index is 1130. The van der Waals surface area contributed by atoms with Crippen LogP contribution in [0.5, 0.6) is 0 Å². The monoisotopic (exact) mass is 466 g/mol. The summed E-state index contributed by atoms with van der Waals surface area (Å²) in [7, 11) is 4.30. The summed E-state index contributed by atoms with van der Waals surface area (Å²) < 4.78 is 0. The van der Waals surface area contributed by atoms with Crippen LogP contribution in [-0.2, 0) is 13.1 Å². The molecule has 0 saturated carbocycles. The van der Waals surface area contributed by atoms with Gasteiger partial charge in [-0.15, -0.1) is 0 Å². The summed E-state index contributed by atoms with van der Waals surface area (Å²) >= 11 is 0. The van der Waals surface area contributed by atoms with Gasteiger partial charge < -0.3 is 20.4 Å². The minimum Gasteiger partial charge on any atom is -0.370 e. The molecule has 0 atom stereocenters. The largest absolute Gasteiger partial charge is 0.370 e. The molecule has 6 nitrogen and oxygen atoms in total. The van der Waals surface area contributed by atoms with E-state index in [4.69, 9.17) is 0 Å². The minimum atomic E-state index is 0.862. The summed E-state index contributed by atoms with van der Waals surface area (Å²) in [6.45, 7) is 7.49. The number of rotatable bonds is 8. The molecule has 0 aromatic heterocycles. The van der Waals surface area contributed by atoms with E-state index in [1.807, 2.05) is 0 Å². The Kier molecular flexibility index (Phi) is 6.70. The highest BCUT2D eigenvalue weighted by Gasteiger charge is 2.11. The maximum atomic E-state index is 4.52. The lowest BCUT2D eigenvalue weighted by Crippen LogP contribution is -2.21. The molecule has 0 aliphatic carbocycles. The van der Waals surface area contributed by atoms with Gasteiger partial charge in [-0.1, -0.05) is 23.8 Å². The zero-order valence-corrected chi connectivity index (χ0v) is 20.9. The fraction of sp³-hybridized carbons (Fsp3) is 0.310. The zero-order chi connectivity index (χ0) is 24.2. The highest BCUT2D eigenvalue weighted by Crippen LogP contribution is 2.21. The number of nitrogens with one attached hydrogen (secondary N) is 2. The highest BCUT2D eigenvalue weighted by molar-refractivity contribution is 6.00. The average Bonchev–Trinajstić information content (AvgIpc) is 3.59. The number of amidine groups is 2. The van der Waals surface area contributed by atoms with E-state index in [1.165, 1.54) is 28.1 Å². The van der Waals surface area contributed by atoms with Crippen molar-refractivity contribution in [3.05, 3.63) is 94.5 Å². The molecule has 0 spiro atoms. The smallest absolute Gasteiger partial charge is 0.128 e. The van der Waals surface area contributed by atoms with Crippen molar-refractivity contribution >= 4 is 23.0 Å². The number of hydrogen-bond acceptors (Lipinski definition) is 6. The lowest BCUT2D eigenvalue weighted by molar-refractivity contribution is 0.895. The fourth-order valence-electron chi connectivity index (χ4n) is 4.79. The summed E-state index contributed by atoms with van der Waals surface area (Å²) in [5.74, 6) is 2.01. The van der Waals surface area contributed by atoms with Gasteiger partial charge in [0, 0.05) is 62.8 Å². The topological polar surface area (TPSA) is 55.3 Å². The van der Waals surface area contributed by atoms with Crippen molar-refractivity contribution in [1.82, 2.24) is 10.6 Å². The maximum absolute atomic E-state index is 4.52. The number of benzene rings is 3. The van der Waals surface area contributed by atoms with Crippen LogP contribution in [-0.4, -0.2) is 51.9 Å². The van der Waals surface area contributed by atoms with Crippen LogP contribution < -0.4 is 20.4 Å². The van der Waals surface area contributed by atoms with Gasteiger partial charge in [0.2, 0.25) is 0 Å². The lowest BCUT2D eigenvalue weighted by Gasteiger charge is -2.23. The first-order chi connectivity index (χ1) is 17.0. The van der Waals surface area contributed by atoms with Crippen molar-refractivity contribution in [3.8, 4) is 0 Å². The molecule has 2 aliphatic heterocycles. The van der Waals surface area contributed by atoms with Gasteiger partial charge in [-0.25, -0.2) is 0 Å². The summed E-state index contributed by atoms with van der Waals surface area (Å²) in [4.78, 5) is 13.6. The summed E-state index contributed by atoms with van der Waals surface area (Å²) in [5, 5.41) is 6.68. The van der Waals surface area contributed by atoms with E-state index in [0.717, 1.165) is 62.1 Å². The molecule has 0 bridgehead atoms. The second-order valence-corrected chi connectivity index (χ2v) is 9.45. The Morgan fingerprint density at radius 2 is 1.09 bits per heavy atom. The Morgan fingerprint density at radius 1 is 0.657 bits per heavy atom. The SMILES string of the molecule is Cc1cc(CN(C)c2ccc(C3=NCCN3)cc2)cc(CN(C)c2ccc(C3=NCCN3)cc2)c1. The van der Waals surface area contributed by atoms with Crippen molar-refractivity contribution < 1.29 is 0 Å². The van der Waals surface area contributed by atoms with Crippen molar-refractivity contribution in [3.63, 3.8) is 0 Å². The predicted molar refractivity (Wildman–Crippen MR) is 147 cm³/mol. The van der Waals surface area contributed by atoms with Crippen LogP contribution >= 0.6 is 0 Å². The van der Waals surface area contributed by atoms with Gasteiger partial charge in [-0.05, 0) is 66.6 Å². The first-order valence-electron chi connectivity index (χ1n) is 12.3. The molecular formula is C29H34N6. The van der Waals surface area contributed by atoms with Gasteiger partial charge in [0.1, 0.15) is 11.7 Å². The van der Waals surface area contributed by atoms with Crippen LogP contribution in [0.3, 0.4) is 0 Å². The van der Waals surface area contributed by atoms with Crippen molar-refractivity contribution in [2.24, 2.45) is 9.98 Å². The van der Waals surface area contributed by atoms with Gasteiger partial charge in [-0.2, -0.15) is 0 Å². The molecule has 180 valence electrons. The van der Waals surface area contributed by atoms with Crippen molar-refractivity contribution in [1.29, 1.82) is 0 Å². The fourth-order valence-corrected chi connectivity index (χ4v) is 4.79. The first kappa shape index (κ1) is 23.0.